The van der Waals surface area contributed by atoms with Crippen LogP contribution in [0, 0.1) is 5.92 Å². The van der Waals surface area contributed by atoms with Crippen molar-refractivity contribution >= 4 is 5.91 Å². The number of carbonyl (C=O) groups excluding carboxylic acids is 1. The lowest BCUT2D eigenvalue weighted by molar-refractivity contribution is -0.129. The number of nitrogens with zero attached hydrogens (tertiary/aromatic N) is 1. The summed E-state index contributed by atoms with van der Waals surface area (Å²) in [5.41, 5.74) is 0. The number of carbonyl (C=O) groups is 1. The van der Waals surface area contributed by atoms with Crippen LogP contribution in [0.25, 0.3) is 0 Å². The van der Waals surface area contributed by atoms with Crippen LogP contribution in [-0.4, -0.2) is 35.5 Å². The smallest absolute Gasteiger partial charge is 0.224 e. The maximum Gasteiger partial charge on any atom is 0.224 e. The Bertz CT molecular complexity index is 265. The molecule has 3 unspecified atom stereocenters. The first-order valence-electron chi connectivity index (χ1n) is 6.61. The van der Waals surface area contributed by atoms with E-state index in [9.17, 15) is 4.79 Å². The van der Waals surface area contributed by atoms with Crippen LogP contribution in [0.1, 0.15) is 46.5 Å². The monoisotopic (exact) mass is 224 g/mol. The Labute approximate surface area is 98.6 Å². The summed E-state index contributed by atoms with van der Waals surface area (Å²) in [7, 11) is 0. The van der Waals surface area contributed by atoms with Crippen molar-refractivity contribution in [2.24, 2.45) is 5.92 Å². The van der Waals surface area contributed by atoms with E-state index in [-0.39, 0.29) is 0 Å². The average molecular weight is 224 g/mol. The van der Waals surface area contributed by atoms with E-state index in [1.54, 1.807) is 0 Å². The second-order valence-electron chi connectivity index (χ2n) is 5.82. The predicted octanol–water partition coefficient (Wildman–Crippen LogP) is 1.77. The molecule has 1 heterocycles. The van der Waals surface area contributed by atoms with Gasteiger partial charge in [-0.1, -0.05) is 6.92 Å². The molecule has 0 aromatic rings. The van der Waals surface area contributed by atoms with Crippen molar-refractivity contribution in [3.63, 3.8) is 0 Å². The molecule has 0 aromatic heterocycles. The molecule has 0 spiro atoms. The Morgan fingerprint density at radius 1 is 1.31 bits per heavy atom. The minimum Gasteiger partial charge on any atom is -0.339 e. The first-order valence-corrected chi connectivity index (χ1v) is 6.61. The highest BCUT2D eigenvalue weighted by atomic mass is 16.2. The summed E-state index contributed by atoms with van der Waals surface area (Å²) in [6.45, 7) is 7.42. The molecule has 3 heteroatoms. The van der Waals surface area contributed by atoms with Gasteiger partial charge in [0.05, 0.1) is 0 Å². The minimum absolute atomic E-state index is 0.318. The van der Waals surface area contributed by atoms with Gasteiger partial charge in [0.15, 0.2) is 0 Å². The molecule has 1 saturated carbocycles. The summed E-state index contributed by atoms with van der Waals surface area (Å²) in [6.07, 6.45) is 4.61. The molecule has 3 nitrogen and oxygen atoms in total. The molecule has 1 aliphatic heterocycles. The van der Waals surface area contributed by atoms with Gasteiger partial charge >= 0.3 is 0 Å². The summed E-state index contributed by atoms with van der Waals surface area (Å²) in [4.78, 5) is 13.7. The van der Waals surface area contributed by atoms with E-state index in [1.165, 1.54) is 19.3 Å². The number of likely N-dealkylation sites (tertiary alicyclic amines) is 1. The van der Waals surface area contributed by atoms with Gasteiger partial charge in [0.1, 0.15) is 0 Å². The van der Waals surface area contributed by atoms with Crippen LogP contribution in [-0.2, 0) is 4.79 Å². The van der Waals surface area contributed by atoms with Crippen LogP contribution in [0.15, 0.2) is 0 Å². The second-order valence-corrected chi connectivity index (χ2v) is 5.82. The maximum absolute atomic E-state index is 11.8. The molecule has 2 rings (SSSR count). The molecule has 0 radical (unpaired) electrons. The van der Waals surface area contributed by atoms with Gasteiger partial charge in [-0.25, -0.2) is 0 Å². The number of hydrogen-bond acceptors (Lipinski definition) is 2. The van der Waals surface area contributed by atoms with Crippen LogP contribution in [0.2, 0.25) is 0 Å². The Balaban J connectivity index is 1.82. The molecule has 2 aliphatic rings. The molecule has 0 aromatic carbocycles. The lowest BCUT2D eigenvalue weighted by Gasteiger charge is -2.22. The summed E-state index contributed by atoms with van der Waals surface area (Å²) in [5, 5.41) is 3.66. The maximum atomic E-state index is 11.8. The quantitative estimate of drug-likeness (QED) is 0.792. The third-order valence-electron chi connectivity index (χ3n) is 3.95. The van der Waals surface area contributed by atoms with Crippen molar-refractivity contribution < 1.29 is 4.79 Å². The van der Waals surface area contributed by atoms with Crippen molar-refractivity contribution in [3.05, 3.63) is 0 Å². The van der Waals surface area contributed by atoms with Crippen molar-refractivity contribution in [1.29, 1.82) is 0 Å². The van der Waals surface area contributed by atoms with Gasteiger partial charge in [0, 0.05) is 31.1 Å². The predicted molar refractivity (Wildman–Crippen MR) is 65.2 cm³/mol. The van der Waals surface area contributed by atoms with Gasteiger partial charge in [-0.05, 0) is 39.0 Å². The highest BCUT2D eigenvalue weighted by Crippen LogP contribution is 2.26. The summed E-state index contributed by atoms with van der Waals surface area (Å²) in [5.74, 6) is 1.18. The van der Waals surface area contributed by atoms with Crippen molar-refractivity contribution in [2.45, 2.75) is 64.6 Å². The molecule has 16 heavy (non-hydrogen) atoms. The number of nitrogens with one attached hydrogen (secondary N) is 1. The molecule has 1 saturated heterocycles. The molecule has 1 amide bonds. The fourth-order valence-corrected chi connectivity index (χ4v) is 3.03. The van der Waals surface area contributed by atoms with Gasteiger partial charge in [0.2, 0.25) is 5.91 Å². The van der Waals surface area contributed by atoms with E-state index in [0.29, 0.717) is 30.5 Å². The molecule has 1 N–H and O–H groups in total. The van der Waals surface area contributed by atoms with Crippen molar-refractivity contribution in [3.8, 4) is 0 Å². The molecule has 2 fully saturated rings. The van der Waals surface area contributed by atoms with Crippen LogP contribution < -0.4 is 5.32 Å². The zero-order valence-corrected chi connectivity index (χ0v) is 10.7. The van der Waals surface area contributed by atoms with E-state index in [0.717, 1.165) is 12.5 Å². The summed E-state index contributed by atoms with van der Waals surface area (Å²) >= 11 is 0. The topological polar surface area (TPSA) is 32.3 Å². The number of amides is 1. The van der Waals surface area contributed by atoms with E-state index < -0.39 is 0 Å². The van der Waals surface area contributed by atoms with Gasteiger partial charge in [0.25, 0.3) is 0 Å². The number of hydrogen-bond donors (Lipinski definition) is 1. The van der Waals surface area contributed by atoms with E-state index in [2.05, 4.69) is 26.1 Å². The third kappa shape index (κ3) is 2.57. The van der Waals surface area contributed by atoms with E-state index in [1.807, 2.05) is 4.90 Å². The standard InChI is InChI=1S/C13H24N2O/c1-9(2)15-8-12(7-13(15)16)14-11-5-4-10(3)6-11/h9-12,14H,4-8H2,1-3H3. The molecule has 92 valence electrons. The molecular formula is C13H24N2O. The Morgan fingerprint density at radius 3 is 2.56 bits per heavy atom. The average Bonchev–Trinajstić information content (AvgIpc) is 2.73. The lowest BCUT2D eigenvalue weighted by Crippen LogP contribution is -2.40. The normalized spacial score (nSPS) is 35.4. The SMILES string of the molecule is CC1CCC(NC2CC(=O)N(C(C)C)C2)C1. The molecule has 3 atom stereocenters. The van der Waals surface area contributed by atoms with E-state index >= 15 is 0 Å². The highest BCUT2D eigenvalue weighted by molar-refractivity contribution is 5.79. The van der Waals surface area contributed by atoms with Crippen LogP contribution >= 0.6 is 0 Å². The third-order valence-corrected chi connectivity index (χ3v) is 3.95. The van der Waals surface area contributed by atoms with Gasteiger partial charge in [-0.2, -0.15) is 0 Å². The molecule has 1 aliphatic carbocycles. The number of rotatable bonds is 3. The second kappa shape index (κ2) is 4.74. The largest absolute Gasteiger partial charge is 0.339 e. The Kier molecular flexibility index (Phi) is 3.53. The summed E-state index contributed by atoms with van der Waals surface area (Å²) < 4.78 is 0. The first-order chi connectivity index (χ1) is 7.56. The highest BCUT2D eigenvalue weighted by Gasteiger charge is 2.33. The van der Waals surface area contributed by atoms with E-state index in [4.69, 9.17) is 0 Å². The fourth-order valence-electron chi connectivity index (χ4n) is 3.03. The zero-order chi connectivity index (χ0) is 11.7. The Morgan fingerprint density at radius 2 is 2.06 bits per heavy atom. The fraction of sp³-hybridized carbons (Fsp3) is 0.923. The van der Waals surface area contributed by atoms with Crippen molar-refractivity contribution in [2.75, 3.05) is 6.54 Å². The van der Waals surface area contributed by atoms with Crippen molar-refractivity contribution in [1.82, 2.24) is 10.2 Å². The molecular weight excluding hydrogens is 200 g/mol. The van der Waals surface area contributed by atoms with Crippen LogP contribution in [0.5, 0.6) is 0 Å². The first kappa shape index (κ1) is 11.9. The van der Waals surface area contributed by atoms with Gasteiger partial charge in [-0.3, -0.25) is 4.79 Å². The van der Waals surface area contributed by atoms with Gasteiger partial charge < -0.3 is 10.2 Å². The zero-order valence-electron chi connectivity index (χ0n) is 10.7. The van der Waals surface area contributed by atoms with Crippen LogP contribution in [0.3, 0.4) is 0 Å². The minimum atomic E-state index is 0.318. The Hall–Kier alpha value is -0.570. The van der Waals surface area contributed by atoms with Crippen LogP contribution in [0.4, 0.5) is 0 Å². The summed E-state index contributed by atoms with van der Waals surface area (Å²) in [6, 6.07) is 1.40. The van der Waals surface area contributed by atoms with Gasteiger partial charge in [-0.15, -0.1) is 0 Å². The lowest BCUT2D eigenvalue weighted by atomic mass is 10.1. The molecule has 0 bridgehead atoms.